The van der Waals surface area contributed by atoms with Gasteiger partial charge >= 0.3 is 0 Å². The number of aryl methyl sites for hydroxylation is 1. The van der Waals surface area contributed by atoms with Crippen molar-refractivity contribution < 1.29 is 9.59 Å². The normalized spacial score (nSPS) is 18.6. The van der Waals surface area contributed by atoms with Crippen LogP contribution in [0.1, 0.15) is 23.1 Å². The van der Waals surface area contributed by atoms with Crippen LogP contribution < -0.4 is 10.6 Å². The summed E-state index contributed by atoms with van der Waals surface area (Å²) in [5, 5.41) is 6.43. The van der Waals surface area contributed by atoms with Crippen LogP contribution in [0, 0.1) is 32.6 Å². The fourth-order valence-corrected chi connectivity index (χ4v) is 3.03. The summed E-state index contributed by atoms with van der Waals surface area (Å²) in [6, 6.07) is 11.2. The van der Waals surface area contributed by atoms with Crippen molar-refractivity contribution in [2.24, 2.45) is 11.8 Å². The Morgan fingerprint density at radius 1 is 0.880 bits per heavy atom. The molecular weight excluding hydrogens is 336 g/mol. The second kappa shape index (κ2) is 6.89. The summed E-state index contributed by atoms with van der Waals surface area (Å²) in [6.45, 7) is 5.84. The summed E-state index contributed by atoms with van der Waals surface area (Å²) < 4.78 is 0. The molecule has 25 heavy (non-hydrogen) atoms. The lowest BCUT2D eigenvalue weighted by molar-refractivity contribution is -0.122. The molecule has 1 aliphatic rings. The molecule has 2 atom stereocenters. The molecule has 5 heteroatoms. The van der Waals surface area contributed by atoms with Gasteiger partial charge in [0.2, 0.25) is 11.8 Å². The Balaban J connectivity index is 1.62. The Morgan fingerprint density at radius 2 is 1.40 bits per heavy atom. The van der Waals surface area contributed by atoms with Gasteiger partial charge in [-0.3, -0.25) is 9.59 Å². The Labute approximate surface area is 152 Å². The maximum absolute atomic E-state index is 12.4. The van der Waals surface area contributed by atoms with Gasteiger partial charge in [-0.25, -0.2) is 0 Å². The van der Waals surface area contributed by atoms with Gasteiger partial charge in [0.05, 0.1) is 11.8 Å². The number of hydrogen-bond donors (Lipinski definition) is 2. The summed E-state index contributed by atoms with van der Waals surface area (Å²) in [5.74, 6) is -0.800. The van der Waals surface area contributed by atoms with Gasteiger partial charge in [0.1, 0.15) is 0 Å². The lowest BCUT2D eigenvalue weighted by Gasteiger charge is -2.11. The van der Waals surface area contributed by atoms with E-state index in [1.807, 2.05) is 45.0 Å². The zero-order chi connectivity index (χ0) is 18.1. The highest BCUT2D eigenvalue weighted by molar-refractivity contribution is 6.31. The van der Waals surface area contributed by atoms with Crippen molar-refractivity contribution in [1.29, 1.82) is 0 Å². The minimum atomic E-state index is -0.288. The molecule has 2 amide bonds. The first-order chi connectivity index (χ1) is 11.9. The van der Waals surface area contributed by atoms with Gasteiger partial charge < -0.3 is 10.6 Å². The molecule has 2 unspecified atom stereocenters. The van der Waals surface area contributed by atoms with Crippen molar-refractivity contribution in [2.75, 3.05) is 10.6 Å². The number of amides is 2. The Morgan fingerprint density at radius 3 is 2.00 bits per heavy atom. The van der Waals surface area contributed by atoms with E-state index in [0.717, 1.165) is 22.4 Å². The molecule has 0 heterocycles. The zero-order valence-corrected chi connectivity index (χ0v) is 15.3. The molecular formula is C20H21ClN2O2. The molecule has 1 fully saturated rings. The first kappa shape index (κ1) is 17.5. The molecule has 4 nitrogen and oxygen atoms in total. The van der Waals surface area contributed by atoms with Crippen molar-refractivity contribution in [3.05, 3.63) is 58.1 Å². The first-order valence-electron chi connectivity index (χ1n) is 8.31. The van der Waals surface area contributed by atoms with E-state index in [1.165, 1.54) is 0 Å². The second-order valence-electron chi connectivity index (χ2n) is 6.59. The van der Waals surface area contributed by atoms with Crippen LogP contribution in [0.3, 0.4) is 0 Å². The van der Waals surface area contributed by atoms with E-state index in [0.29, 0.717) is 17.1 Å². The van der Waals surface area contributed by atoms with E-state index in [1.54, 1.807) is 12.1 Å². The van der Waals surface area contributed by atoms with Crippen LogP contribution in [0.4, 0.5) is 11.4 Å². The second-order valence-corrected chi connectivity index (χ2v) is 6.99. The Bertz CT molecular complexity index is 778. The van der Waals surface area contributed by atoms with E-state index in [9.17, 15) is 9.59 Å². The molecule has 2 aromatic carbocycles. The average Bonchev–Trinajstić information content (AvgIpc) is 3.37. The fourth-order valence-electron chi connectivity index (χ4n) is 2.85. The van der Waals surface area contributed by atoms with Crippen molar-refractivity contribution in [1.82, 2.24) is 0 Å². The first-order valence-corrected chi connectivity index (χ1v) is 8.69. The smallest absolute Gasteiger partial charge is 0.228 e. The van der Waals surface area contributed by atoms with Crippen molar-refractivity contribution in [2.45, 2.75) is 27.2 Å². The summed E-state index contributed by atoms with van der Waals surface area (Å²) in [5.41, 5.74) is 4.50. The maximum atomic E-state index is 12.4. The molecule has 0 bridgehead atoms. The van der Waals surface area contributed by atoms with Crippen LogP contribution in [0.5, 0.6) is 0 Å². The van der Waals surface area contributed by atoms with Gasteiger partial charge in [-0.15, -0.1) is 0 Å². The van der Waals surface area contributed by atoms with Gasteiger partial charge in [-0.1, -0.05) is 29.8 Å². The predicted octanol–water partition coefficient (Wildman–Crippen LogP) is 4.48. The fraction of sp³-hybridized carbons (Fsp3) is 0.300. The van der Waals surface area contributed by atoms with E-state index in [4.69, 9.17) is 11.6 Å². The SMILES string of the molecule is Cc1cccc(NC(=O)C2CC2C(=O)Nc2cccc(Cl)c2C)c1C. The highest BCUT2D eigenvalue weighted by Gasteiger charge is 2.48. The van der Waals surface area contributed by atoms with Gasteiger partial charge in [-0.2, -0.15) is 0 Å². The maximum Gasteiger partial charge on any atom is 0.228 e. The van der Waals surface area contributed by atoms with Crippen LogP contribution in [-0.4, -0.2) is 11.8 Å². The largest absolute Gasteiger partial charge is 0.326 e. The molecule has 0 aliphatic heterocycles. The molecule has 0 aromatic heterocycles. The van der Waals surface area contributed by atoms with Crippen LogP contribution in [0.25, 0.3) is 0 Å². The summed E-state index contributed by atoms with van der Waals surface area (Å²) in [7, 11) is 0. The summed E-state index contributed by atoms with van der Waals surface area (Å²) >= 11 is 6.07. The molecule has 130 valence electrons. The Kier molecular flexibility index (Phi) is 4.82. The van der Waals surface area contributed by atoms with Crippen molar-refractivity contribution in [3.8, 4) is 0 Å². The highest BCUT2D eigenvalue weighted by Crippen LogP contribution is 2.40. The topological polar surface area (TPSA) is 58.2 Å². The van der Waals surface area contributed by atoms with Crippen LogP contribution in [0.2, 0.25) is 5.02 Å². The summed E-state index contributed by atoms with van der Waals surface area (Å²) in [6.07, 6.45) is 0.572. The van der Waals surface area contributed by atoms with Gasteiger partial charge in [0.15, 0.2) is 0 Å². The lowest BCUT2D eigenvalue weighted by Crippen LogP contribution is -2.21. The molecule has 2 aromatic rings. The number of carbonyl (C=O) groups is 2. The molecule has 3 rings (SSSR count). The van der Waals surface area contributed by atoms with Crippen molar-refractivity contribution in [3.63, 3.8) is 0 Å². The molecule has 1 aliphatic carbocycles. The van der Waals surface area contributed by atoms with E-state index in [2.05, 4.69) is 10.6 Å². The predicted molar refractivity (Wildman–Crippen MR) is 101 cm³/mol. The third-order valence-electron chi connectivity index (χ3n) is 4.85. The minimum Gasteiger partial charge on any atom is -0.326 e. The minimum absolute atomic E-state index is 0.100. The number of halogens is 1. The quantitative estimate of drug-likeness (QED) is 0.848. The number of anilines is 2. The third kappa shape index (κ3) is 3.69. The zero-order valence-electron chi connectivity index (χ0n) is 14.5. The van der Waals surface area contributed by atoms with E-state index >= 15 is 0 Å². The number of rotatable bonds is 4. The number of nitrogens with one attached hydrogen (secondary N) is 2. The van der Waals surface area contributed by atoms with Crippen LogP contribution in [0.15, 0.2) is 36.4 Å². The Hall–Kier alpha value is -2.33. The molecule has 1 saturated carbocycles. The van der Waals surface area contributed by atoms with Crippen LogP contribution >= 0.6 is 11.6 Å². The molecule has 2 N–H and O–H groups in total. The lowest BCUT2D eigenvalue weighted by atomic mass is 10.1. The standard InChI is InChI=1S/C20H21ClN2O2/c1-11-6-4-8-17(12(11)2)22-19(24)14-10-15(14)20(25)23-18-9-5-7-16(21)13(18)3/h4-9,14-15H,10H2,1-3H3,(H,22,24)(H,23,25). The van der Waals surface area contributed by atoms with E-state index < -0.39 is 0 Å². The molecule has 0 saturated heterocycles. The highest BCUT2D eigenvalue weighted by atomic mass is 35.5. The number of carbonyl (C=O) groups excluding carboxylic acids is 2. The number of hydrogen-bond acceptors (Lipinski definition) is 2. The number of benzene rings is 2. The monoisotopic (exact) mass is 356 g/mol. The van der Waals surface area contributed by atoms with Crippen LogP contribution in [-0.2, 0) is 9.59 Å². The third-order valence-corrected chi connectivity index (χ3v) is 5.26. The van der Waals surface area contributed by atoms with Crippen molar-refractivity contribution >= 4 is 34.8 Å². The summed E-state index contributed by atoms with van der Waals surface area (Å²) in [4.78, 5) is 24.8. The van der Waals surface area contributed by atoms with E-state index in [-0.39, 0.29) is 23.7 Å². The van der Waals surface area contributed by atoms with Gasteiger partial charge in [-0.05, 0) is 62.1 Å². The van der Waals surface area contributed by atoms with Gasteiger partial charge in [0, 0.05) is 16.4 Å². The molecule has 0 radical (unpaired) electrons. The molecule has 0 spiro atoms. The van der Waals surface area contributed by atoms with Gasteiger partial charge in [0.25, 0.3) is 0 Å². The average molecular weight is 357 g/mol.